The summed E-state index contributed by atoms with van der Waals surface area (Å²) in [6.45, 7) is 1.74. The van der Waals surface area contributed by atoms with Gasteiger partial charge in [-0.2, -0.15) is 0 Å². The van der Waals surface area contributed by atoms with E-state index in [-0.39, 0.29) is 23.3 Å². The first kappa shape index (κ1) is 21.4. The van der Waals surface area contributed by atoms with Crippen LogP contribution >= 0.6 is 15.9 Å². The highest BCUT2D eigenvalue weighted by Crippen LogP contribution is 2.30. The number of carbonyl (C=O) groups is 3. The molecule has 2 aromatic carbocycles. The molecule has 0 bridgehead atoms. The molecule has 148 valence electrons. The van der Waals surface area contributed by atoms with Crippen LogP contribution in [0, 0.1) is 0 Å². The Morgan fingerprint density at radius 1 is 0.929 bits per heavy atom. The molecule has 0 aromatic heterocycles. The number of ketones is 2. The molecule has 7 nitrogen and oxygen atoms in total. The summed E-state index contributed by atoms with van der Waals surface area (Å²) in [5.41, 5.74) is -0.0830. The van der Waals surface area contributed by atoms with Gasteiger partial charge >= 0.3 is 5.97 Å². The first-order valence-corrected chi connectivity index (χ1v) is 9.09. The van der Waals surface area contributed by atoms with Crippen LogP contribution in [0.4, 0.5) is 0 Å². The van der Waals surface area contributed by atoms with Crippen molar-refractivity contribution in [1.29, 1.82) is 0 Å². The number of ether oxygens (including phenoxy) is 3. The highest BCUT2D eigenvalue weighted by Gasteiger charge is 2.23. The zero-order valence-corrected chi connectivity index (χ0v) is 17.2. The van der Waals surface area contributed by atoms with Crippen molar-refractivity contribution in [2.24, 2.45) is 0 Å². The predicted octanol–water partition coefficient (Wildman–Crippen LogP) is 3.80. The molecule has 2 aromatic rings. The van der Waals surface area contributed by atoms with Gasteiger partial charge in [-0.05, 0) is 31.2 Å². The molecule has 0 amide bonds. The maximum atomic E-state index is 12.6. The molecule has 0 aliphatic carbocycles. The normalized spacial score (nSPS) is 10.3. The third-order valence-electron chi connectivity index (χ3n) is 3.86. The number of Topliss-reactive ketones (excluding diaryl/α,β-unsaturated/α-hetero) is 2. The van der Waals surface area contributed by atoms with Crippen LogP contribution in [0.1, 0.15) is 44.4 Å². The van der Waals surface area contributed by atoms with E-state index in [2.05, 4.69) is 15.9 Å². The molecule has 1 N–H and O–H groups in total. The lowest BCUT2D eigenvalue weighted by Gasteiger charge is -2.10. The monoisotopic (exact) mass is 450 g/mol. The Morgan fingerprint density at radius 2 is 1.50 bits per heavy atom. The van der Waals surface area contributed by atoms with Crippen molar-refractivity contribution in [3.63, 3.8) is 0 Å². The Hall–Kier alpha value is -2.87. The number of phenols is 1. The summed E-state index contributed by atoms with van der Waals surface area (Å²) in [4.78, 5) is 37.2. The van der Waals surface area contributed by atoms with Crippen molar-refractivity contribution < 1.29 is 33.7 Å². The topological polar surface area (TPSA) is 99.1 Å². The van der Waals surface area contributed by atoms with Crippen molar-refractivity contribution in [2.75, 3.05) is 20.8 Å². The van der Waals surface area contributed by atoms with Crippen LogP contribution in [0.3, 0.4) is 0 Å². The third-order valence-corrected chi connectivity index (χ3v) is 4.32. The van der Waals surface area contributed by atoms with Gasteiger partial charge in [-0.25, -0.2) is 4.79 Å². The van der Waals surface area contributed by atoms with E-state index in [1.807, 2.05) is 0 Å². The van der Waals surface area contributed by atoms with Crippen LogP contribution in [-0.2, 0) is 4.74 Å². The van der Waals surface area contributed by atoms with Gasteiger partial charge in [0.1, 0.15) is 22.8 Å². The molecule has 8 heteroatoms. The van der Waals surface area contributed by atoms with Gasteiger partial charge in [0.15, 0.2) is 11.6 Å². The van der Waals surface area contributed by atoms with E-state index in [9.17, 15) is 19.5 Å². The van der Waals surface area contributed by atoms with Crippen LogP contribution in [-0.4, -0.2) is 43.5 Å². The van der Waals surface area contributed by atoms with Crippen molar-refractivity contribution in [1.82, 2.24) is 0 Å². The van der Waals surface area contributed by atoms with Crippen molar-refractivity contribution in [3.05, 3.63) is 51.5 Å². The van der Waals surface area contributed by atoms with Gasteiger partial charge in [-0.3, -0.25) is 9.59 Å². The molecule has 0 atom stereocenters. The summed E-state index contributed by atoms with van der Waals surface area (Å²) >= 11 is 3.19. The molecule has 0 heterocycles. The second-order valence-electron chi connectivity index (χ2n) is 5.69. The van der Waals surface area contributed by atoms with Crippen molar-refractivity contribution >= 4 is 33.5 Å². The zero-order chi connectivity index (χ0) is 20.8. The number of halogens is 1. The minimum absolute atomic E-state index is 0.115. The van der Waals surface area contributed by atoms with E-state index in [0.717, 1.165) is 0 Å². The summed E-state index contributed by atoms with van der Waals surface area (Å²) in [5.74, 6) is -1.60. The molecule has 0 saturated heterocycles. The fourth-order valence-corrected chi connectivity index (χ4v) is 2.95. The van der Waals surface area contributed by atoms with Crippen LogP contribution in [0.5, 0.6) is 17.2 Å². The Morgan fingerprint density at radius 3 is 2.04 bits per heavy atom. The predicted molar refractivity (Wildman–Crippen MR) is 105 cm³/mol. The summed E-state index contributed by atoms with van der Waals surface area (Å²) in [6, 6.07) is 7.27. The lowest BCUT2D eigenvalue weighted by atomic mass is 9.98. The summed E-state index contributed by atoms with van der Waals surface area (Å²) in [6.07, 6.45) is -0.511. The Kier molecular flexibility index (Phi) is 7.17. The number of benzene rings is 2. The molecule has 0 radical (unpaired) electrons. The first-order valence-electron chi connectivity index (χ1n) is 8.29. The number of hydrogen-bond acceptors (Lipinski definition) is 7. The Labute approximate surface area is 170 Å². The number of hydrogen-bond donors (Lipinski definition) is 1. The fourth-order valence-electron chi connectivity index (χ4n) is 2.49. The third kappa shape index (κ3) is 4.89. The smallest absolute Gasteiger partial charge is 0.341 e. The molecular weight excluding hydrogens is 432 g/mol. The highest BCUT2D eigenvalue weighted by atomic mass is 79.9. The molecule has 0 aliphatic heterocycles. The van der Waals surface area contributed by atoms with E-state index < -0.39 is 29.7 Å². The van der Waals surface area contributed by atoms with E-state index in [4.69, 9.17) is 14.2 Å². The minimum atomic E-state index is -0.765. The molecule has 0 spiro atoms. The summed E-state index contributed by atoms with van der Waals surface area (Å²) < 4.78 is 15.5. The van der Waals surface area contributed by atoms with Gasteiger partial charge in [0.05, 0.1) is 32.8 Å². The van der Waals surface area contributed by atoms with Gasteiger partial charge in [0.25, 0.3) is 0 Å². The van der Waals surface area contributed by atoms with Gasteiger partial charge in [-0.1, -0.05) is 15.9 Å². The van der Waals surface area contributed by atoms with Gasteiger partial charge in [0.2, 0.25) is 0 Å². The lowest BCUT2D eigenvalue weighted by Crippen LogP contribution is -2.12. The summed E-state index contributed by atoms with van der Waals surface area (Å²) in [5, 5.41) is 10.3. The number of esters is 1. The van der Waals surface area contributed by atoms with E-state index >= 15 is 0 Å². The number of phenolic OH excluding ortho intramolecular Hbond substituents is 1. The molecular formula is C20H19BrO7. The first-order chi connectivity index (χ1) is 13.3. The molecule has 28 heavy (non-hydrogen) atoms. The van der Waals surface area contributed by atoms with Gasteiger partial charge in [0, 0.05) is 16.1 Å². The molecule has 0 aliphatic rings. The second kappa shape index (κ2) is 9.36. The molecule has 0 saturated carbocycles. The van der Waals surface area contributed by atoms with Crippen molar-refractivity contribution in [3.8, 4) is 17.2 Å². The SMILES string of the molecule is CCOC(=O)c1cc(Br)cc(C(=O)CC(=O)c2cc(OC)cc(OC)c2)c1O. The largest absolute Gasteiger partial charge is 0.506 e. The van der Waals surface area contributed by atoms with E-state index in [0.29, 0.717) is 16.0 Å². The Bertz CT molecular complexity index is 899. The molecule has 0 unspecified atom stereocenters. The standard InChI is InChI=1S/C20H19BrO7/c1-4-28-20(25)16-8-12(21)7-15(19(16)24)18(23)10-17(22)11-5-13(26-2)9-14(6-11)27-3/h5-9,24H,4,10H2,1-3H3. The molecule has 0 fully saturated rings. The van der Waals surface area contributed by atoms with Crippen LogP contribution < -0.4 is 9.47 Å². The van der Waals surface area contributed by atoms with Crippen LogP contribution in [0.2, 0.25) is 0 Å². The number of methoxy groups -OCH3 is 2. The van der Waals surface area contributed by atoms with E-state index in [1.165, 1.54) is 38.5 Å². The van der Waals surface area contributed by atoms with E-state index in [1.54, 1.807) is 13.0 Å². The average Bonchev–Trinajstić information content (AvgIpc) is 2.68. The van der Waals surface area contributed by atoms with Gasteiger partial charge < -0.3 is 19.3 Å². The summed E-state index contributed by atoms with van der Waals surface area (Å²) in [7, 11) is 2.90. The van der Waals surface area contributed by atoms with Gasteiger partial charge in [-0.15, -0.1) is 0 Å². The molecule has 2 rings (SSSR count). The average molecular weight is 451 g/mol. The minimum Gasteiger partial charge on any atom is -0.506 e. The van der Waals surface area contributed by atoms with Crippen LogP contribution in [0.15, 0.2) is 34.8 Å². The maximum absolute atomic E-state index is 12.6. The lowest BCUT2D eigenvalue weighted by molar-refractivity contribution is 0.0523. The highest BCUT2D eigenvalue weighted by molar-refractivity contribution is 9.10. The zero-order valence-electron chi connectivity index (χ0n) is 15.6. The van der Waals surface area contributed by atoms with Crippen LogP contribution in [0.25, 0.3) is 0 Å². The number of carbonyl (C=O) groups excluding carboxylic acids is 3. The maximum Gasteiger partial charge on any atom is 0.341 e. The Balaban J connectivity index is 2.32. The quantitative estimate of drug-likeness (QED) is 0.370. The van der Waals surface area contributed by atoms with Crippen molar-refractivity contribution in [2.45, 2.75) is 13.3 Å². The number of aromatic hydroxyl groups is 1. The number of rotatable bonds is 8. The fraction of sp³-hybridized carbons (Fsp3) is 0.250. The second-order valence-corrected chi connectivity index (χ2v) is 6.61.